The summed E-state index contributed by atoms with van der Waals surface area (Å²) in [5.41, 5.74) is 5.39. The average molecular weight is 867 g/mol. The molecule has 0 spiro atoms. The number of aromatic nitrogens is 2. The maximum absolute atomic E-state index is 4.49. The molecule has 39 heavy (non-hydrogen) atoms. The van der Waals surface area contributed by atoms with E-state index in [1.165, 1.54) is 54.3 Å². The molecular formula is C32H26IN3STe2. The maximum Gasteiger partial charge on any atom is -1.00 e. The van der Waals surface area contributed by atoms with Crippen molar-refractivity contribution in [3.05, 3.63) is 104 Å². The Hall–Kier alpha value is -1.71. The van der Waals surface area contributed by atoms with Gasteiger partial charge in [0, 0.05) is 0 Å². The van der Waals surface area contributed by atoms with Gasteiger partial charge in [-0.05, 0) is 0 Å². The first-order chi connectivity index (χ1) is 18.6. The summed E-state index contributed by atoms with van der Waals surface area (Å²) in [7, 11) is 2.26. The monoisotopic (exact) mass is 871 g/mol. The van der Waals surface area contributed by atoms with Crippen LogP contribution < -0.4 is 37.1 Å². The second kappa shape index (κ2) is 11.3. The smallest absolute Gasteiger partial charge is 1.00 e. The number of thiophene rings is 1. The molecule has 1 aliphatic heterocycles. The van der Waals surface area contributed by atoms with Gasteiger partial charge < -0.3 is 24.0 Å². The van der Waals surface area contributed by atoms with Crippen LogP contribution in [0.3, 0.4) is 0 Å². The molecule has 0 N–H and O–H groups in total. The number of anilines is 1. The number of halogens is 1. The van der Waals surface area contributed by atoms with Crippen LogP contribution in [-0.2, 0) is 7.05 Å². The fraction of sp³-hybridized carbons (Fsp3) is 0.125. The van der Waals surface area contributed by atoms with E-state index in [2.05, 4.69) is 120 Å². The number of nitrogens with zero attached hydrogens (tertiary/aromatic N) is 3. The third-order valence-corrected chi connectivity index (χ3v) is 14.3. The molecule has 0 atom stereocenters. The standard InChI is InChI=1S/C32H26N3STe2.HI/c1-20(2)35-30(38-28-11-9-22-13-15-33-19-25(22)32(28)35)18-23(21-7-5-4-6-8-21)17-29-34(3)31-24-14-16-36-26(24)10-12-27(31)37-29;/h4-20H,1-3H3;1H/q+1;/p-1. The van der Waals surface area contributed by atoms with Crippen molar-refractivity contribution < 1.29 is 28.5 Å². The van der Waals surface area contributed by atoms with Gasteiger partial charge >= 0.3 is 248 Å². The summed E-state index contributed by atoms with van der Waals surface area (Å²) in [5.74, 6) is 0. The van der Waals surface area contributed by atoms with Gasteiger partial charge in [-0.1, -0.05) is 0 Å². The summed E-state index contributed by atoms with van der Waals surface area (Å²) in [4.78, 5) is 7.07. The minimum Gasteiger partial charge on any atom is -1.00 e. The van der Waals surface area contributed by atoms with Crippen molar-refractivity contribution in [2.75, 3.05) is 4.90 Å². The summed E-state index contributed by atoms with van der Waals surface area (Å²) in [6.45, 7) is 4.62. The van der Waals surface area contributed by atoms with Crippen LogP contribution in [0, 0.1) is 0 Å². The van der Waals surface area contributed by atoms with Gasteiger partial charge in [0.1, 0.15) is 0 Å². The summed E-state index contributed by atoms with van der Waals surface area (Å²) in [6.07, 6.45) is 8.92. The SMILES string of the molecule is CC(C)N1/C(=C/C(=C/c2[te]c3ccc4sccc4c3[n+]2C)c2ccccc2)[Te]c2ccc3ccncc3c21.[I-]. The largest absolute Gasteiger partial charge is 1.00 e. The predicted molar refractivity (Wildman–Crippen MR) is 165 cm³/mol. The van der Waals surface area contributed by atoms with Crippen molar-refractivity contribution in [1.82, 2.24) is 4.98 Å². The van der Waals surface area contributed by atoms with Crippen molar-refractivity contribution >= 4 is 103 Å². The second-order valence-corrected chi connectivity index (χ2v) is 16.8. The van der Waals surface area contributed by atoms with E-state index in [4.69, 9.17) is 0 Å². The Morgan fingerprint density at radius 3 is 2.67 bits per heavy atom. The number of hydrogen-bond acceptors (Lipinski definition) is 3. The molecule has 3 aromatic heterocycles. The van der Waals surface area contributed by atoms with Crippen LogP contribution in [-0.4, -0.2) is 52.4 Å². The Labute approximate surface area is 269 Å². The van der Waals surface area contributed by atoms with Crippen molar-refractivity contribution in [2.24, 2.45) is 7.05 Å². The Bertz CT molecular complexity index is 1900. The molecule has 0 saturated carbocycles. The quantitative estimate of drug-likeness (QED) is 0.155. The molecule has 4 heterocycles. The minimum atomic E-state index is -0.530. The van der Waals surface area contributed by atoms with Gasteiger partial charge in [-0.25, -0.2) is 0 Å². The number of benzene rings is 3. The van der Waals surface area contributed by atoms with Gasteiger partial charge in [0.05, 0.1) is 0 Å². The Balaban J connectivity index is 0.00000277. The van der Waals surface area contributed by atoms with Crippen LogP contribution in [0.1, 0.15) is 23.1 Å². The molecule has 7 rings (SSSR count). The molecule has 0 saturated heterocycles. The van der Waals surface area contributed by atoms with Gasteiger partial charge in [0.2, 0.25) is 0 Å². The van der Waals surface area contributed by atoms with Gasteiger partial charge in [-0.3, -0.25) is 0 Å². The molecule has 7 heteroatoms. The fourth-order valence-corrected chi connectivity index (χ4v) is 12.9. The van der Waals surface area contributed by atoms with E-state index in [0.29, 0.717) is 6.04 Å². The second-order valence-electron chi connectivity index (χ2n) is 9.77. The Kier molecular flexibility index (Phi) is 7.94. The van der Waals surface area contributed by atoms with E-state index in [0.717, 1.165) is 0 Å². The number of rotatable bonds is 4. The Morgan fingerprint density at radius 1 is 1.00 bits per heavy atom. The molecule has 0 amide bonds. The predicted octanol–water partition coefficient (Wildman–Crippen LogP) is 3.13. The van der Waals surface area contributed by atoms with Gasteiger partial charge in [-0.2, -0.15) is 0 Å². The molecule has 1 aliphatic rings. The topological polar surface area (TPSA) is 20.0 Å². The van der Waals surface area contributed by atoms with Crippen molar-refractivity contribution in [2.45, 2.75) is 19.9 Å². The first-order valence-electron chi connectivity index (χ1n) is 12.7. The van der Waals surface area contributed by atoms with E-state index in [-0.39, 0.29) is 24.0 Å². The molecule has 3 aromatic carbocycles. The van der Waals surface area contributed by atoms with Crippen LogP contribution in [0.15, 0.2) is 94.3 Å². The van der Waals surface area contributed by atoms with Crippen molar-refractivity contribution in [1.29, 1.82) is 0 Å². The normalized spacial score (nSPS) is 14.6. The van der Waals surface area contributed by atoms with Gasteiger partial charge in [-0.15, -0.1) is 0 Å². The van der Waals surface area contributed by atoms with Crippen LogP contribution in [0.4, 0.5) is 5.69 Å². The van der Waals surface area contributed by atoms with Crippen molar-refractivity contribution in [3.63, 3.8) is 0 Å². The minimum absolute atomic E-state index is 0. The van der Waals surface area contributed by atoms with Gasteiger partial charge in [0.15, 0.2) is 0 Å². The molecule has 3 nitrogen and oxygen atoms in total. The number of fused-ring (bicyclic) bond motifs is 6. The molecule has 0 aliphatic carbocycles. The molecule has 0 unspecified atom stereocenters. The number of aryl methyl sites for hydroxylation is 1. The molecule has 0 bridgehead atoms. The van der Waals surface area contributed by atoms with Gasteiger partial charge in [0.25, 0.3) is 0 Å². The molecule has 0 radical (unpaired) electrons. The molecule has 194 valence electrons. The summed E-state index contributed by atoms with van der Waals surface area (Å²) < 4.78 is 9.85. The summed E-state index contributed by atoms with van der Waals surface area (Å²) in [6, 6.07) is 25.0. The zero-order chi connectivity index (χ0) is 25.8. The van der Waals surface area contributed by atoms with E-state index in [1.807, 2.05) is 23.7 Å². The maximum atomic E-state index is 4.49. The van der Waals surface area contributed by atoms with Crippen LogP contribution in [0.25, 0.3) is 41.4 Å². The first-order valence-corrected chi connectivity index (χ1v) is 18.2. The summed E-state index contributed by atoms with van der Waals surface area (Å²) >= 11 is 0.836. The zero-order valence-electron chi connectivity index (χ0n) is 21.8. The third kappa shape index (κ3) is 4.90. The average Bonchev–Trinajstić information content (AvgIpc) is 3.64. The van der Waals surface area contributed by atoms with Crippen molar-refractivity contribution in [3.8, 4) is 0 Å². The first kappa shape index (κ1) is 27.5. The number of pyridine rings is 1. The van der Waals surface area contributed by atoms with Crippen LogP contribution >= 0.6 is 11.3 Å². The van der Waals surface area contributed by atoms with Crippen LogP contribution in [0.5, 0.6) is 0 Å². The molecular weight excluding hydrogens is 841 g/mol. The Morgan fingerprint density at radius 2 is 1.85 bits per heavy atom. The molecule has 6 aromatic rings. The molecule has 0 fully saturated rings. The zero-order valence-corrected chi connectivity index (χ0v) is 29.4. The van der Waals surface area contributed by atoms with Crippen LogP contribution in [0.2, 0.25) is 0 Å². The van der Waals surface area contributed by atoms with E-state index in [1.54, 1.807) is 3.40 Å². The number of allylic oxidation sites excluding steroid dienone is 2. The van der Waals surface area contributed by atoms with E-state index < -0.39 is 41.4 Å². The third-order valence-electron chi connectivity index (χ3n) is 7.08. The van der Waals surface area contributed by atoms with E-state index in [9.17, 15) is 0 Å². The number of hydrogen-bond donors (Lipinski definition) is 0. The fourth-order valence-electron chi connectivity index (χ4n) is 5.30. The van der Waals surface area contributed by atoms with E-state index >= 15 is 0 Å². The summed E-state index contributed by atoms with van der Waals surface area (Å²) in [5, 5.41) is 6.15.